The Balaban J connectivity index is 2.28. The lowest BCUT2D eigenvalue weighted by atomic mass is 10.0. The van der Waals surface area contributed by atoms with Crippen LogP contribution in [0.2, 0.25) is 0 Å². The molecule has 2 rings (SSSR count). The fraction of sp³-hybridized carbons (Fsp3) is 0.231. The molecule has 7 heteroatoms. The summed E-state index contributed by atoms with van der Waals surface area (Å²) in [6.07, 6.45) is 3.15. The van der Waals surface area contributed by atoms with Gasteiger partial charge in [-0.3, -0.25) is 14.8 Å². The van der Waals surface area contributed by atoms with Gasteiger partial charge in [0.05, 0.1) is 16.6 Å². The maximum atomic E-state index is 12.2. The van der Waals surface area contributed by atoms with Crippen molar-refractivity contribution in [2.24, 2.45) is 10.9 Å². The Labute approximate surface area is 115 Å². The zero-order valence-electron chi connectivity index (χ0n) is 11.2. The van der Waals surface area contributed by atoms with Crippen LogP contribution in [0, 0.1) is 0 Å². The summed E-state index contributed by atoms with van der Waals surface area (Å²) in [7, 11) is 0. The van der Waals surface area contributed by atoms with Gasteiger partial charge in [-0.25, -0.2) is 0 Å². The molecule has 104 valence electrons. The molecule has 0 saturated carbocycles. The minimum absolute atomic E-state index is 0.0774. The second-order valence-corrected chi connectivity index (χ2v) is 4.82. The molecule has 0 saturated heterocycles. The smallest absolute Gasteiger partial charge is 0.252 e. The van der Waals surface area contributed by atoms with E-state index in [4.69, 9.17) is 10.9 Å². The fourth-order valence-electron chi connectivity index (χ4n) is 1.65. The minimum atomic E-state index is -0.955. The van der Waals surface area contributed by atoms with Crippen molar-refractivity contribution >= 4 is 22.8 Å². The quantitative estimate of drug-likeness (QED) is 0.332. The number of carbonyl (C=O) groups excluding carboxylic acids is 1. The van der Waals surface area contributed by atoms with Gasteiger partial charge in [0.1, 0.15) is 0 Å². The second-order valence-electron chi connectivity index (χ2n) is 4.82. The summed E-state index contributed by atoms with van der Waals surface area (Å²) in [5.74, 6) is -0.416. The molecule has 2 aromatic rings. The van der Waals surface area contributed by atoms with Crippen molar-refractivity contribution in [1.29, 1.82) is 0 Å². The molecule has 20 heavy (non-hydrogen) atoms. The van der Waals surface area contributed by atoms with Crippen LogP contribution >= 0.6 is 0 Å². The highest BCUT2D eigenvalue weighted by Gasteiger charge is 2.26. The molecular weight excluding hydrogens is 258 g/mol. The molecule has 1 amide bonds. The first kappa shape index (κ1) is 13.7. The van der Waals surface area contributed by atoms with Gasteiger partial charge >= 0.3 is 0 Å². The summed E-state index contributed by atoms with van der Waals surface area (Å²) in [4.78, 5) is 20.4. The number of aromatic nitrogens is 2. The maximum Gasteiger partial charge on any atom is 0.252 e. The molecule has 0 atom stereocenters. The van der Waals surface area contributed by atoms with Crippen LogP contribution in [-0.4, -0.2) is 32.5 Å². The molecule has 0 unspecified atom stereocenters. The lowest BCUT2D eigenvalue weighted by Gasteiger charge is -2.24. The number of nitrogens with zero attached hydrogens (tertiary/aromatic N) is 3. The molecule has 0 bridgehead atoms. The lowest BCUT2D eigenvalue weighted by Crippen LogP contribution is -2.53. The van der Waals surface area contributed by atoms with Gasteiger partial charge in [-0.1, -0.05) is 5.16 Å². The minimum Gasteiger partial charge on any atom is -0.409 e. The normalized spacial score (nSPS) is 12.4. The van der Waals surface area contributed by atoms with Crippen molar-refractivity contribution in [3.05, 3.63) is 36.2 Å². The van der Waals surface area contributed by atoms with Crippen molar-refractivity contribution in [1.82, 2.24) is 15.3 Å². The van der Waals surface area contributed by atoms with E-state index in [9.17, 15) is 4.79 Å². The van der Waals surface area contributed by atoms with E-state index >= 15 is 0 Å². The Morgan fingerprint density at radius 2 is 1.95 bits per heavy atom. The molecule has 1 aromatic heterocycles. The van der Waals surface area contributed by atoms with Crippen molar-refractivity contribution < 1.29 is 10.0 Å². The number of nitrogens with one attached hydrogen (secondary N) is 1. The van der Waals surface area contributed by atoms with Crippen molar-refractivity contribution in [3.63, 3.8) is 0 Å². The van der Waals surface area contributed by atoms with Gasteiger partial charge in [-0.15, -0.1) is 0 Å². The average molecular weight is 273 g/mol. The molecule has 1 aromatic carbocycles. The Hall–Kier alpha value is -2.70. The highest BCUT2D eigenvalue weighted by Crippen LogP contribution is 2.12. The zero-order chi connectivity index (χ0) is 14.8. The van der Waals surface area contributed by atoms with E-state index in [-0.39, 0.29) is 11.7 Å². The Kier molecular flexibility index (Phi) is 3.51. The summed E-state index contributed by atoms with van der Waals surface area (Å²) >= 11 is 0. The van der Waals surface area contributed by atoms with E-state index in [1.807, 2.05) is 0 Å². The second kappa shape index (κ2) is 5.12. The van der Waals surface area contributed by atoms with Gasteiger partial charge in [-0.05, 0) is 32.0 Å². The first-order chi connectivity index (χ1) is 9.44. The van der Waals surface area contributed by atoms with Gasteiger partial charge in [0, 0.05) is 18.0 Å². The predicted molar refractivity (Wildman–Crippen MR) is 74.5 cm³/mol. The fourth-order valence-corrected chi connectivity index (χ4v) is 1.65. The molecule has 1 heterocycles. The van der Waals surface area contributed by atoms with Gasteiger partial charge in [0.2, 0.25) is 0 Å². The van der Waals surface area contributed by atoms with E-state index in [1.54, 1.807) is 44.4 Å². The molecular formula is C13H15N5O2. The van der Waals surface area contributed by atoms with Crippen LogP contribution in [0.5, 0.6) is 0 Å². The number of fused-ring (bicyclic) bond motifs is 1. The van der Waals surface area contributed by atoms with E-state index in [0.717, 1.165) is 0 Å². The number of oxime groups is 1. The number of hydrogen-bond donors (Lipinski definition) is 3. The molecule has 4 N–H and O–H groups in total. The summed E-state index contributed by atoms with van der Waals surface area (Å²) in [6.45, 7) is 3.28. The van der Waals surface area contributed by atoms with Crippen LogP contribution in [0.1, 0.15) is 24.2 Å². The monoisotopic (exact) mass is 273 g/mol. The van der Waals surface area contributed by atoms with Crippen molar-refractivity contribution in [2.45, 2.75) is 19.4 Å². The number of carbonyl (C=O) groups is 1. The highest BCUT2D eigenvalue weighted by molar-refractivity contribution is 6.01. The lowest BCUT2D eigenvalue weighted by molar-refractivity contribution is 0.0931. The number of amides is 1. The van der Waals surface area contributed by atoms with Crippen molar-refractivity contribution in [3.8, 4) is 0 Å². The van der Waals surface area contributed by atoms with Gasteiger partial charge in [0.25, 0.3) is 5.91 Å². The van der Waals surface area contributed by atoms with Crippen LogP contribution in [0.25, 0.3) is 11.0 Å². The largest absolute Gasteiger partial charge is 0.409 e. The summed E-state index contributed by atoms with van der Waals surface area (Å²) in [5.41, 5.74) is 6.34. The molecule has 7 nitrogen and oxygen atoms in total. The third kappa shape index (κ3) is 2.66. The van der Waals surface area contributed by atoms with Crippen LogP contribution < -0.4 is 11.1 Å². The predicted octanol–water partition coefficient (Wildman–Crippen LogP) is 0.885. The Morgan fingerprint density at radius 3 is 2.60 bits per heavy atom. The molecule has 0 spiro atoms. The van der Waals surface area contributed by atoms with Gasteiger partial charge in [0.15, 0.2) is 5.84 Å². The summed E-state index contributed by atoms with van der Waals surface area (Å²) < 4.78 is 0. The van der Waals surface area contributed by atoms with Crippen molar-refractivity contribution in [2.75, 3.05) is 0 Å². The SMILES string of the molecule is CC(C)(NC(=O)c1ccc2nccnc2c1)C(N)=NO. The molecule has 0 aliphatic rings. The third-order valence-corrected chi connectivity index (χ3v) is 2.91. The third-order valence-electron chi connectivity index (χ3n) is 2.91. The van der Waals surface area contributed by atoms with Crippen LogP contribution in [0.15, 0.2) is 35.7 Å². The van der Waals surface area contributed by atoms with E-state index in [2.05, 4.69) is 20.4 Å². The Morgan fingerprint density at radius 1 is 1.30 bits per heavy atom. The molecule has 0 aliphatic carbocycles. The highest BCUT2D eigenvalue weighted by atomic mass is 16.4. The summed E-state index contributed by atoms with van der Waals surface area (Å²) in [5, 5.41) is 14.3. The van der Waals surface area contributed by atoms with E-state index < -0.39 is 5.54 Å². The molecule has 0 fully saturated rings. The molecule has 0 radical (unpaired) electrons. The van der Waals surface area contributed by atoms with Gasteiger partial charge in [-0.2, -0.15) is 0 Å². The number of nitrogens with two attached hydrogens (primary N) is 1. The molecule has 0 aliphatic heterocycles. The number of benzene rings is 1. The van der Waals surface area contributed by atoms with Gasteiger partial charge < -0.3 is 16.3 Å². The maximum absolute atomic E-state index is 12.2. The Bertz CT molecular complexity index is 681. The van der Waals surface area contributed by atoms with E-state index in [1.165, 1.54) is 0 Å². The first-order valence-corrected chi connectivity index (χ1v) is 5.95. The first-order valence-electron chi connectivity index (χ1n) is 5.95. The van der Waals surface area contributed by atoms with Crippen LogP contribution in [0.3, 0.4) is 0 Å². The van der Waals surface area contributed by atoms with Crippen LogP contribution in [0.4, 0.5) is 0 Å². The average Bonchev–Trinajstić information content (AvgIpc) is 2.45. The number of rotatable bonds is 3. The standard InChI is InChI=1S/C13H15N5O2/c1-13(2,12(14)18-20)17-11(19)8-3-4-9-10(7-8)16-6-5-15-9/h3-7,20H,1-2H3,(H2,14,18)(H,17,19). The summed E-state index contributed by atoms with van der Waals surface area (Å²) in [6, 6.07) is 5.00. The van der Waals surface area contributed by atoms with E-state index in [0.29, 0.717) is 16.6 Å². The zero-order valence-corrected chi connectivity index (χ0v) is 11.2. The number of amidine groups is 1. The topological polar surface area (TPSA) is 113 Å². The number of hydrogen-bond acceptors (Lipinski definition) is 5. The van der Waals surface area contributed by atoms with Crippen LogP contribution in [-0.2, 0) is 0 Å².